The molecule has 3 aromatic rings. The van der Waals surface area contributed by atoms with Gasteiger partial charge in [0.2, 0.25) is 0 Å². The Balaban J connectivity index is 1.19. The predicted molar refractivity (Wildman–Crippen MR) is 131 cm³/mol. The molecule has 0 spiro atoms. The summed E-state index contributed by atoms with van der Waals surface area (Å²) in [6, 6.07) is 21.7. The van der Waals surface area contributed by atoms with Gasteiger partial charge in [-0.3, -0.25) is 9.69 Å². The maximum Gasteiger partial charge on any atom is 0.331 e. The van der Waals surface area contributed by atoms with Crippen molar-refractivity contribution in [2.24, 2.45) is 0 Å². The van der Waals surface area contributed by atoms with Crippen molar-refractivity contribution in [3.63, 3.8) is 0 Å². The van der Waals surface area contributed by atoms with E-state index in [1.54, 1.807) is 29.2 Å². The number of likely N-dealkylation sites (tertiary alicyclic amines) is 1. The third-order valence-corrected chi connectivity index (χ3v) is 6.64. The lowest BCUT2D eigenvalue weighted by Crippen LogP contribution is -2.34. The minimum absolute atomic E-state index is 0.0889. The fraction of sp³-hybridized carbons (Fsp3) is 0.286. The van der Waals surface area contributed by atoms with Crippen LogP contribution in [0.1, 0.15) is 24.0 Å². The normalized spacial score (nSPS) is 16.6. The first-order chi connectivity index (χ1) is 16.6. The van der Waals surface area contributed by atoms with Gasteiger partial charge in [-0.05, 0) is 78.9 Å². The Morgan fingerprint density at radius 1 is 0.735 bits per heavy atom. The first kappa shape index (κ1) is 22.3. The van der Waals surface area contributed by atoms with Crippen molar-refractivity contribution in [1.82, 2.24) is 9.80 Å². The average Bonchev–Trinajstić information content (AvgIpc) is 3.46. The van der Waals surface area contributed by atoms with E-state index in [0.29, 0.717) is 18.7 Å². The lowest BCUT2D eigenvalue weighted by atomic mass is 10.1. The fourth-order valence-corrected chi connectivity index (χ4v) is 4.70. The van der Waals surface area contributed by atoms with Crippen molar-refractivity contribution in [2.45, 2.75) is 25.8 Å². The lowest BCUT2D eigenvalue weighted by molar-refractivity contribution is -0.116. The molecular weight excluding hydrogens is 429 g/mol. The van der Waals surface area contributed by atoms with Crippen molar-refractivity contribution in [2.75, 3.05) is 31.1 Å². The molecule has 0 unspecified atom stereocenters. The van der Waals surface area contributed by atoms with Gasteiger partial charge >= 0.3 is 6.03 Å². The van der Waals surface area contributed by atoms with Crippen molar-refractivity contribution < 1.29 is 14.0 Å². The Labute approximate surface area is 199 Å². The van der Waals surface area contributed by atoms with Crippen molar-refractivity contribution >= 4 is 17.6 Å². The Morgan fingerprint density at radius 3 is 1.97 bits per heavy atom. The van der Waals surface area contributed by atoms with E-state index >= 15 is 0 Å². The molecule has 6 heteroatoms. The highest BCUT2D eigenvalue weighted by Crippen LogP contribution is 2.26. The number of carbonyl (C=O) groups excluding carboxylic acids is 2. The third-order valence-electron chi connectivity index (χ3n) is 6.64. The first-order valence-electron chi connectivity index (χ1n) is 11.8. The summed E-state index contributed by atoms with van der Waals surface area (Å²) in [7, 11) is 0. The zero-order valence-electron chi connectivity index (χ0n) is 19.1. The van der Waals surface area contributed by atoms with E-state index in [4.69, 9.17) is 0 Å². The van der Waals surface area contributed by atoms with Crippen LogP contribution in [0.4, 0.5) is 14.9 Å². The van der Waals surface area contributed by atoms with Gasteiger partial charge in [0.05, 0.1) is 5.69 Å². The van der Waals surface area contributed by atoms with E-state index in [-0.39, 0.29) is 24.3 Å². The zero-order valence-corrected chi connectivity index (χ0v) is 19.1. The summed E-state index contributed by atoms with van der Waals surface area (Å²) in [4.78, 5) is 30.9. The number of amides is 3. The number of hydrogen-bond donors (Lipinski definition) is 0. The molecule has 0 radical (unpaired) electrons. The van der Waals surface area contributed by atoms with Gasteiger partial charge in [0, 0.05) is 13.1 Å². The second-order valence-electron chi connectivity index (χ2n) is 9.04. The van der Waals surface area contributed by atoms with Crippen molar-refractivity contribution in [3.05, 3.63) is 89.7 Å². The van der Waals surface area contributed by atoms with Crippen LogP contribution in [0.15, 0.2) is 72.8 Å². The van der Waals surface area contributed by atoms with Crippen LogP contribution in [0.5, 0.6) is 0 Å². The molecule has 2 saturated heterocycles. The topological polar surface area (TPSA) is 43.9 Å². The largest absolute Gasteiger partial charge is 0.331 e. The first-order valence-corrected chi connectivity index (χ1v) is 11.8. The molecule has 2 fully saturated rings. The molecule has 3 amide bonds. The summed E-state index contributed by atoms with van der Waals surface area (Å²) in [5.41, 5.74) is 4.79. The van der Waals surface area contributed by atoms with Crippen LogP contribution in [0.2, 0.25) is 0 Å². The van der Waals surface area contributed by atoms with Gasteiger partial charge in [-0.1, -0.05) is 48.5 Å². The molecule has 5 rings (SSSR count). The summed E-state index contributed by atoms with van der Waals surface area (Å²) in [6.45, 7) is 3.94. The molecule has 0 atom stereocenters. The molecule has 2 aliphatic heterocycles. The molecule has 0 bridgehead atoms. The van der Waals surface area contributed by atoms with E-state index in [9.17, 15) is 14.0 Å². The Kier molecular flexibility index (Phi) is 6.41. The van der Waals surface area contributed by atoms with Gasteiger partial charge in [0.1, 0.15) is 12.4 Å². The molecule has 0 aromatic heterocycles. The number of urea groups is 1. The number of anilines is 1. The van der Waals surface area contributed by atoms with Gasteiger partial charge in [0.25, 0.3) is 5.91 Å². The number of imide groups is 1. The molecule has 5 nitrogen and oxygen atoms in total. The Hall–Kier alpha value is -3.51. The van der Waals surface area contributed by atoms with E-state index in [2.05, 4.69) is 29.2 Å². The van der Waals surface area contributed by atoms with Crippen molar-refractivity contribution in [3.8, 4) is 11.1 Å². The van der Waals surface area contributed by atoms with E-state index in [1.165, 1.54) is 48.5 Å². The SMILES string of the molecule is O=C1CN(CCc2ccc(CN3CCCC3)cc2)C(=O)N1c1ccc(-c2ccc(F)cc2)cc1. The highest BCUT2D eigenvalue weighted by Gasteiger charge is 2.36. The van der Waals surface area contributed by atoms with Gasteiger partial charge in [-0.15, -0.1) is 0 Å². The van der Waals surface area contributed by atoms with Crippen LogP contribution >= 0.6 is 0 Å². The molecular formula is C28H28FN3O2. The quantitative estimate of drug-likeness (QED) is 0.464. The van der Waals surface area contributed by atoms with E-state index in [0.717, 1.165) is 23.2 Å². The molecule has 34 heavy (non-hydrogen) atoms. The molecule has 3 aromatic carbocycles. The van der Waals surface area contributed by atoms with E-state index < -0.39 is 0 Å². The average molecular weight is 458 g/mol. The van der Waals surface area contributed by atoms with Crippen LogP contribution in [0.25, 0.3) is 11.1 Å². The summed E-state index contributed by atoms with van der Waals surface area (Å²) in [5.74, 6) is -0.507. The number of rotatable bonds is 7. The van der Waals surface area contributed by atoms with Gasteiger partial charge in [0.15, 0.2) is 0 Å². The molecule has 2 aliphatic rings. The second-order valence-corrected chi connectivity index (χ2v) is 9.04. The minimum atomic E-state index is -0.287. The fourth-order valence-electron chi connectivity index (χ4n) is 4.70. The molecule has 0 N–H and O–H groups in total. The molecule has 0 aliphatic carbocycles. The highest BCUT2D eigenvalue weighted by molar-refractivity contribution is 6.19. The molecule has 0 saturated carbocycles. The van der Waals surface area contributed by atoms with Crippen molar-refractivity contribution in [1.29, 1.82) is 0 Å². The van der Waals surface area contributed by atoms with Crippen LogP contribution in [0.3, 0.4) is 0 Å². The lowest BCUT2D eigenvalue weighted by Gasteiger charge is -2.18. The Morgan fingerprint density at radius 2 is 1.32 bits per heavy atom. The van der Waals surface area contributed by atoms with Crippen LogP contribution in [-0.2, 0) is 17.8 Å². The van der Waals surface area contributed by atoms with Gasteiger partial charge in [-0.25, -0.2) is 14.1 Å². The number of nitrogens with zero attached hydrogens (tertiary/aromatic N) is 3. The van der Waals surface area contributed by atoms with E-state index in [1.807, 2.05) is 12.1 Å². The second kappa shape index (κ2) is 9.77. The zero-order chi connectivity index (χ0) is 23.5. The summed E-state index contributed by atoms with van der Waals surface area (Å²) >= 11 is 0. The number of halogens is 1. The maximum atomic E-state index is 13.2. The Bertz CT molecular complexity index is 1150. The summed E-state index contributed by atoms with van der Waals surface area (Å²) < 4.78 is 13.2. The molecule has 2 heterocycles. The highest BCUT2D eigenvalue weighted by atomic mass is 19.1. The monoisotopic (exact) mass is 457 g/mol. The predicted octanol–water partition coefficient (Wildman–Crippen LogP) is 5.10. The maximum absolute atomic E-state index is 13.2. The smallest absolute Gasteiger partial charge is 0.314 e. The summed E-state index contributed by atoms with van der Waals surface area (Å²) in [6.07, 6.45) is 3.28. The minimum Gasteiger partial charge on any atom is -0.314 e. The van der Waals surface area contributed by atoms with Gasteiger partial charge < -0.3 is 4.90 Å². The molecule has 174 valence electrons. The van der Waals surface area contributed by atoms with Crippen LogP contribution < -0.4 is 4.90 Å². The number of carbonyl (C=O) groups is 2. The van der Waals surface area contributed by atoms with Gasteiger partial charge in [-0.2, -0.15) is 0 Å². The number of hydrogen-bond acceptors (Lipinski definition) is 3. The summed E-state index contributed by atoms with van der Waals surface area (Å²) in [5, 5.41) is 0. The van der Waals surface area contributed by atoms with Crippen LogP contribution in [0, 0.1) is 5.82 Å². The van der Waals surface area contributed by atoms with Crippen LogP contribution in [-0.4, -0.2) is 47.9 Å². The standard InChI is InChI=1S/C28H28FN3O2/c29-25-11-7-23(8-12-25)24-9-13-26(14-10-24)32-27(33)20-31(28(32)34)18-15-21-3-5-22(6-4-21)19-30-16-1-2-17-30/h3-14H,1-2,15-20H2. The number of benzene rings is 3. The third kappa shape index (κ3) is 4.87.